The number of halogens is 3. The fraction of sp³-hybridized carbons (Fsp3) is 0.0833. The summed E-state index contributed by atoms with van der Waals surface area (Å²) in [6, 6.07) is 7.77. The number of nitrogens with zero attached hydrogens (tertiary/aromatic N) is 2. The van der Waals surface area contributed by atoms with Crippen LogP contribution in [0, 0.1) is 0 Å². The van der Waals surface area contributed by atoms with Crippen LogP contribution >= 0.6 is 0 Å². The Hall–Kier alpha value is -2.64. The number of ether oxygens (including phenoxy) is 1. The molecule has 0 saturated heterocycles. The lowest BCUT2D eigenvalue weighted by atomic mass is 10.3. The first-order valence-electron chi connectivity index (χ1n) is 5.39. The highest BCUT2D eigenvalue weighted by molar-refractivity contribution is 6.02. The van der Waals surface area contributed by atoms with Crippen molar-refractivity contribution in [3.05, 3.63) is 48.3 Å². The van der Waals surface area contributed by atoms with E-state index in [4.69, 9.17) is 0 Å². The Morgan fingerprint density at radius 3 is 2.40 bits per heavy atom. The van der Waals surface area contributed by atoms with Crippen LogP contribution in [0.3, 0.4) is 0 Å². The van der Waals surface area contributed by atoms with Crippen molar-refractivity contribution in [3.8, 4) is 5.75 Å². The number of carbonyl (C=O) groups is 1. The summed E-state index contributed by atoms with van der Waals surface area (Å²) in [7, 11) is 0. The molecule has 0 saturated carbocycles. The molecule has 0 radical (unpaired) electrons. The molecule has 5 nitrogen and oxygen atoms in total. The SMILES string of the molecule is O=C(Nc1ccc(OC(F)(F)F)cc1)c1cccnn1. The molecule has 1 aromatic carbocycles. The Bertz CT molecular complexity index is 585. The Balaban J connectivity index is 2.02. The molecule has 1 heterocycles. The number of hydrogen-bond donors (Lipinski definition) is 1. The van der Waals surface area contributed by atoms with E-state index in [1.165, 1.54) is 24.4 Å². The van der Waals surface area contributed by atoms with Crippen molar-refractivity contribution in [2.24, 2.45) is 0 Å². The average molecular weight is 283 g/mol. The molecule has 1 amide bonds. The molecular weight excluding hydrogens is 275 g/mol. The third-order valence-electron chi connectivity index (χ3n) is 2.15. The van der Waals surface area contributed by atoms with Crippen LogP contribution in [0.1, 0.15) is 10.5 Å². The van der Waals surface area contributed by atoms with Crippen molar-refractivity contribution in [2.75, 3.05) is 5.32 Å². The highest BCUT2D eigenvalue weighted by atomic mass is 19.4. The van der Waals surface area contributed by atoms with Gasteiger partial charge in [0.15, 0.2) is 5.69 Å². The summed E-state index contributed by atoms with van der Waals surface area (Å²) in [6.45, 7) is 0. The van der Waals surface area contributed by atoms with E-state index >= 15 is 0 Å². The molecule has 2 aromatic rings. The number of nitrogens with one attached hydrogen (secondary N) is 1. The van der Waals surface area contributed by atoms with E-state index in [0.29, 0.717) is 5.69 Å². The Kier molecular flexibility index (Phi) is 3.83. The third kappa shape index (κ3) is 3.94. The molecule has 0 fully saturated rings. The van der Waals surface area contributed by atoms with Gasteiger partial charge >= 0.3 is 6.36 Å². The van der Waals surface area contributed by atoms with Gasteiger partial charge in [-0.1, -0.05) is 0 Å². The van der Waals surface area contributed by atoms with E-state index in [9.17, 15) is 18.0 Å². The van der Waals surface area contributed by atoms with Crippen LogP contribution in [0.15, 0.2) is 42.6 Å². The number of aromatic nitrogens is 2. The zero-order valence-electron chi connectivity index (χ0n) is 9.89. The molecule has 20 heavy (non-hydrogen) atoms. The van der Waals surface area contributed by atoms with Crippen molar-refractivity contribution in [3.63, 3.8) is 0 Å². The molecular formula is C12H8F3N3O2. The highest BCUT2D eigenvalue weighted by Crippen LogP contribution is 2.24. The monoisotopic (exact) mass is 283 g/mol. The van der Waals surface area contributed by atoms with Gasteiger partial charge in [-0.05, 0) is 36.4 Å². The third-order valence-corrected chi connectivity index (χ3v) is 2.15. The summed E-state index contributed by atoms with van der Waals surface area (Å²) >= 11 is 0. The molecule has 0 bridgehead atoms. The first-order chi connectivity index (χ1) is 9.44. The maximum absolute atomic E-state index is 12.0. The summed E-state index contributed by atoms with van der Waals surface area (Å²) in [5.74, 6) is -0.877. The van der Waals surface area contributed by atoms with Crippen molar-refractivity contribution < 1.29 is 22.7 Å². The molecule has 1 N–H and O–H groups in total. The number of rotatable bonds is 3. The molecule has 2 rings (SSSR count). The van der Waals surface area contributed by atoms with E-state index in [2.05, 4.69) is 20.3 Å². The van der Waals surface area contributed by atoms with Gasteiger partial charge in [-0.2, -0.15) is 5.10 Å². The molecule has 0 aliphatic heterocycles. The fourth-order valence-corrected chi connectivity index (χ4v) is 1.36. The number of anilines is 1. The largest absolute Gasteiger partial charge is 0.573 e. The van der Waals surface area contributed by atoms with Crippen LogP contribution in [0.5, 0.6) is 5.75 Å². The standard InChI is InChI=1S/C12H8F3N3O2/c13-12(14,15)20-9-5-3-8(4-6-9)17-11(19)10-2-1-7-16-18-10/h1-7H,(H,17,19). The van der Waals surface area contributed by atoms with Gasteiger partial charge < -0.3 is 10.1 Å². The van der Waals surface area contributed by atoms with Gasteiger partial charge in [0.05, 0.1) is 0 Å². The number of benzene rings is 1. The van der Waals surface area contributed by atoms with Crippen LogP contribution in [-0.4, -0.2) is 22.5 Å². The van der Waals surface area contributed by atoms with E-state index in [1.54, 1.807) is 6.07 Å². The molecule has 1 aromatic heterocycles. The second-order valence-electron chi connectivity index (χ2n) is 3.64. The fourth-order valence-electron chi connectivity index (χ4n) is 1.36. The van der Waals surface area contributed by atoms with Gasteiger partial charge in [-0.3, -0.25) is 4.79 Å². The Labute approximate surface area is 111 Å². The number of alkyl halides is 3. The van der Waals surface area contributed by atoms with Crippen LogP contribution in [0.4, 0.5) is 18.9 Å². The van der Waals surface area contributed by atoms with Gasteiger partial charge in [-0.25, -0.2) is 0 Å². The second-order valence-corrected chi connectivity index (χ2v) is 3.64. The van der Waals surface area contributed by atoms with Crippen molar-refractivity contribution >= 4 is 11.6 Å². The van der Waals surface area contributed by atoms with Crippen molar-refractivity contribution in [2.45, 2.75) is 6.36 Å². The molecule has 0 atom stereocenters. The predicted molar refractivity (Wildman–Crippen MR) is 63.1 cm³/mol. The maximum atomic E-state index is 12.0. The minimum absolute atomic E-state index is 0.100. The number of amides is 1. The quantitative estimate of drug-likeness (QED) is 0.940. The van der Waals surface area contributed by atoms with Crippen LogP contribution in [0.25, 0.3) is 0 Å². The zero-order chi connectivity index (χ0) is 14.6. The smallest absolute Gasteiger partial charge is 0.406 e. The van der Waals surface area contributed by atoms with Crippen LogP contribution < -0.4 is 10.1 Å². The summed E-state index contributed by atoms with van der Waals surface area (Å²) in [5, 5.41) is 9.62. The van der Waals surface area contributed by atoms with Crippen molar-refractivity contribution in [1.82, 2.24) is 10.2 Å². The maximum Gasteiger partial charge on any atom is 0.573 e. The molecule has 104 valence electrons. The van der Waals surface area contributed by atoms with Gasteiger partial charge in [0.1, 0.15) is 5.75 Å². The van der Waals surface area contributed by atoms with E-state index in [-0.39, 0.29) is 11.4 Å². The van der Waals surface area contributed by atoms with Gasteiger partial charge in [0.25, 0.3) is 5.91 Å². The Morgan fingerprint density at radius 2 is 1.85 bits per heavy atom. The van der Waals surface area contributed by atoms with E-state index < -0.39 is 12.3 Å². The number of hydrogen-bond acceptors (Lipinski definition) is 4. The lowest BCUT2D eigenvalue weighted by molar-refractivity contribution is -0.274. The summed E-state index contributed by atoms with van der Waals surface area (Å²) in [6.07, 6.45) is -3.33. The molecule has 0 unspecified atom stereocenters. The zero-order valence-corrected chi connectivity index (χ0v) is 9.89. The molecule has 0 aliphatic carbocycles. The summed E-state index contributed by atoms with van der Waals surface area (Å²) in [5.41, 5.74) is 0.415. The van der Waals surface area contributed by atoms with Gasteiger partial charge in [0.2, 0.25) is 0 Å². The minimum Gasteiger partial charge on any atom is -0.406 e. The second kappa shape index (κ2) is 5.55. The molecule has 0 spiro atoms. The van der Waals surface area contributed by atoms with Gasteiger partial charge in [0, 0.05) is 11.9 Å². The normalized spacial score (nSPS) is 10.9. The average Bonchev–Trinajstić information content (AvgIpc) is 2.40. The van der Waals surface area contributed by atoms with E-state index in [0.717, 1.165) is 12.1 Å². The first kappa shape index (κ1) is 13.8. The van der Waals surface area contributed by atoms with E-state index in [1.807, 2.05) is 0 Å². The van der Waals surface area contributed by atoms with Crippen LogP contribution in [0.2, 0.25) is 0 Å². The van der Waals surface area contributed by atoms with Crippen LogP contribution in [-0.2, 0) is 0 Å². The lowest BCUT2D eigenvalue weighted by Gasteiger charge is -2.09. The number of carbonyl (C=O) groups excluding carboxylic acids is 1. The highest BCUT2D eigenvalue weighted by Gasteiger charge is 2.30. The topological polar surface area (TPSA) is 64.1 Å². The lowest BCUT2D eigenvalue weighted by Crippen LogP contribution is -2.17. The Morgan fingerprint density at radius 1 is 1.15 bits per heavy atom. The summed E-state index contributed by atoms with van der Waals surface area (Å²) in [4.78, 5) is 11.7. The molecule has 0 aliphatic rings. The first-order valence-corrected chi connectivity index (χ1v) is 5.39. The minimum atomic E-state index is -4.75. The van der Waals surface area contributed by atoms with Crippen molar-refractivity contribution in [1.29, 1.82) is 0 Å². The van der Waals surface area contributed by atoms with Gasteiger partial charge in [-0.15, -0.1) is 18.3 Å². The summed E-state index contributed by atoms with van der Waals surface area (Å²) < 4.78 is 39.6. The molecule has 8 heteroatoms. The predicted octanol–water partition coefficient (Wildman–Crippen LogP) is 2.63.